The van der Waals surface area contributed by atoms with E-state index in [1.165, 1.54) is 0 Å². The number of morpholine rings is 1. The van der Waals surface area contributed by atoms with Crippen LogP contribution in [0.1, 0.15) is 16.3 Å². The highest BCUT2D eigenvalue weighted by Gasteiger charge is 2.19. The molecule has 148 valence electrons. The van der Waals surface area contributed by atoms with Crippen molar-refractivity contribution >= 4 is 21.6 Å². The maximum absolute atomic E-state index is 12.5. The Morgan fingerprint density at radius 1 is 1.44 bits per heavy atom. The molecule has 27 heavy (non-hydrogen) atoms. The first-order chi connectivity index (χ1) is 13.0. The van der Waals surface area contributed by atoms with Gasteiger partial charge < -0.3 is 14.8 Å². The molecule has 0 amide bonds. The molecule has 0 aliphatic carbocycles. The number of aryl methyl sites for hydroxylation is 2. The van der Waals surface area contributed by atoms with Gasteiger partial charge in [-0.05, 0) is 19.4 Å². The summed E-state index contributed by atoms with van der Waals surface area (Å²) in [4.78, 5) is 26.2. The molecule has 3 heterocycles. The minimum Gasteiger partial charge on any atom is -0.390 e. The lowest BCUT2D eigenvalue weighted by molar-refractivity contribution is 0.00703. The summed E-state index contributed by atoms with van der Waals surface area (Å²) in [6.45, 7) is 13.1. The molecule has 2 N–H and O–H groups in total. The third-order valence-electron chi connectivity index (χ3n) is 4.89. The number of aliphatic hydroxyl groups excluding tert-OH is 1. The van der Waals surface area contributed by atoms with Gasteiger partial charge >= 0.3 is 0 Å². The zero-order chi connectivity index (χ0) is 19.4. The third-order valence-corrected chi connectivity index (χ3v) is 5.99. The molecule has 0 unspecified atom stereocenters. The van der Waals surface area contributed by atoms with Gasteiger partial charge in [0.05, 0.1) is 31.2 Å². The molecule has 1 saturated heterocycles. The van der Waals surface area contributed by atoms with Gasteiger partial charge in [-0.15, -0.1) is 17.9 Å². The van der Waals surface area contributed by atoms with Crippen molar-refractivity contribution in [2.75, 3.05) is 45.9 Å². The number of hydrogen-bond donors (Lipinski definition) is 2. The normalized spacial score (nSPS) is 16.9. The Bertz CT molecular complexity index is 841. The van der Waals surface area contributed by atoms with E-state index in [1.54, 1.807) is 17.4 Å². The van der Waals surface area contributed by atoms with Crippen molar-refractivity contribution in [1.29, 1.82) is 0 Å². The maximum Gasteiger partial charge on any atom is 0.259 e. The third kappa shape index (κ3) is 5.03. The van der Waals surface area contributed by atoms with E-state index in [9.17, 15) is 9.90 Å². The van der Waals surface area contributed by atoms with Crippen molar-refractivity contribution in [2.24, 2.45) is 0 Å². The standard InChI is InChI=1S/C19H28N4O3S/c1-4-5-23(11-15(24)10-22-6-8-26-9-7-22)12-16-20-18(25)17-13(2)14(3)27-19(17)21-16/h4,15,24H,1,5-12H2,2-3H3,(H,20,21,25)/t15-/m0/s1. The number of rotatable bonds is 8. The molecule has 8 heteroatoms. The molecule has 1 fully saturated rings. The van der Waals surface area contributed by atoms with Crippen molar-refractivity contribution in [3.05, 3.63) is 39.3 Å². The predicted octanol–water partition coefficient (Wildman–Crippen LogP) is 1.28. The molecule has 7 nitrogen and oxygen atoms in total. The number of fused-ring (bicyclic) bond motifs is 1. The first kappa shape index (κ1) is 20.2. The van der Waals surface area contributed by atoms with Gasteiger partial charge in [-0.1, -0.05) is 6.08 Å². The Kier molecular flexibility index (Phi) is 6.78. The highest BCUT2D eigenvalue weighted by molar-refractivity contribution is 7.18. The summed E-state index contributed by atoms with van der Waals surface area (Å²) < 4.78 is 5.35. The minimum atomic E-state index is -0.482. The van der Waals surface area contributed by atoms with Gasteiger partial charge in [0, 0.05) is 37.6 Å². The van der Waals surface area contributed by atoms with Crippen molar-refractivity contribution in [3.8, 4) is 0 Å². The van der Waals surface area contributed by atoms with Gasteiger partial charge in [0.15, 0.2) is 0 Å². The van der Waals surface area contributed by atoms with Crippen LogP contribution >= 0.6 is 11.3 Å². The summed E-state index contributed by atoms with van der Waals surface area (Å²) in [5, 5.41) is 11.2. The molecule has 1 aliphatic heterocycles. The molecular formula is C19H28N4O3S. The van der Waals surface area contributed by atoms with Crippen molar-refractivity contribution in [3.63, 3.8) is 0 Å². The molecule has 0 aromatic carbocycles. The number of thiophene rings is 1. The Morgan fingerprint density at radius 2 is 2.19 bits per heavy atom. The van der Waals surface area contributed by atoms with Gasteiger partial charge in [0.25, 0.3) is 5.56 Å². The quantitative estimate of drug-likeness (QED) is 0.659. The maximum atomic E-state index is 12.5. The number of hydrogen-bond acceptors (Lipinski definition) is 7. The second kappa shape index (κ2) is 9.07. The van der Waals surface area contributed by atoms with Gasteiger partial charge in [-0.3, -0.25) is 14.6 Å². The second-order valence-corrected chi connectivity index (χ2v) is 8.23. The summed E-state index contributed by atoms with van der Waals surface area (Å²) in [5.41, 5.74) is 0.906. The van der Waals surface area contributed by atoms with E-state index in [1.807, 2.05) is 13.8 Å². The van der Waals surface area contributed by atoms with E-state index in [2.05, 4.69) is 26.3 Å². The number of ether oxygens (including phenoxy) is 1. The number of aromatic amines is 1. The van der Waals surface area contributed by atoms with Gasteiger partial charge in [-0.2, -0.15) is 0 Å². The Hall–Kier alpha value is -1.58. The fraction of sp³-hybridized carbons (Fsp3) is 0.579. The number of aliphatic hydroxyl groups is 1. The van der Waals surface area contributed by atoms with Crippen molar-refractivity contribution in [1.82, 2.24) is 19.8 Å². The van der Waals surface area contributed by atoms with Crippen LogP contribution in [0.15, 0.2) is 17.4 Å². The molecule has 2 aromatic rings. The lowest BCUT2D eigenvalue weighted by atomic mass is 10.2. The van der Waals surface area contributed by atoms with E-state index in [-0.39, 0.29) is 5.56 Å². The molecule has 0 bridgehead atoms. The van der Waals surface area contributed by atoms with Crippen LogP contribution < -0.4 is 5.56 Å². The summed E-state index contributed by atoms with van der Waals surface area (Å²) in [5.74, 6) is 0.620. The first-order valence-corrected chi connectivity index (χ1v) is 10.1. The summed E-state index contributed by atoms with van der Waals surface area (Å²) in [7, 11) is 0. The number of aromatic nitrogens is 2. The topological polar surface area (TPSA) is 81.7 Å². The zero-order valence-electron chi connectivity index (χ0n) is 16.0. The van der Waals surface area contributed by atoms with E-state index in [0.717, 1.165) is 28.4 Å². The monoisotopic (exact) mass is 392 g/mol. The number of H-pyrrole nitrogens is 1. The summed E-state index contributed by atoms with van der Waals surface area (Å²) in [6.07, 6.45) is 1.32. The lowest BCUT2D eigenvalue weighted by Crippen LogP contribution is -2.44. The average molecular weight is 393 g/mol. The van der Waals surface area contributed by atoms with Crippen LogP contribution in [0.4, 0.5) is 0 Å². The Balaban J connectivity index is 1.69. The number of β-amino-alcohol motifs (C(OH)–C–C–N with tert-alkyl or cyclic N) is 1. The number of nitrogens with one attached hydrogen (secondary N) is 1. The highest BCUT2D eigenvalue weighted by atomic mass is 32.1. The van der Waals surface area contributed by atoms with Crippen LogP contribution in [-0.2, 0) is 11.3 Å². The van der Waals surface area contributed by atoms with Gasteiger partial charge in [0.1, 0.15) is 10.7 Å². The highest BCUT2D eigenvalue weighted by Crippen LogP contribution is 2.25. The Morgan fingerprint density at radius 3 is 2.89 bits per heavy atom. The molecular weight excluding hydrogens is 364 g/mol. The van der Waals surface area contributed by atoms with Crippen LogP contribution in [0, 0.1) is 13.8 Å². The smallest absolute Gasteiger partial charge is 0.259 e. The van der Waals surface area contributed by atoms with E-state index in [4.69, 9.17) is 4.74 Å². The van der Waals surface area contributed by atoms with Crippen molar-refractivity contribution < 1.29 is 9.84 Å². The largest absolute Gasteiger partial charge is 0.390 e. The zero-order valence-corrected chi connectivity index (χ0v) is 16.8. The van der Waals surface area contributed by atoms with Crippen LogP contribution in [0.5, 0.6) is 0 Å². The van der Waals surface area contributed by atoms with Crippen molar-refractivity contribution in [2.45, 2.75) is 26.5 Å². The summed E-state index contributed by atoms with van der Waals surface area (Å²) >= 11 is 1.55. The van der Waals surface area contributed by atoms with Gasteiger partial charge in [-0.25, -0.2) is 4.98 Å². The molecule has 0 radical (unpaired) electrons. The van der Waals surface area contributed by atoms with Crippen LogP contribution in [0.2, 0.25) is 0 Å². The van der Waals surface area contributed by atoms with Gasteiger partial charge in [0.2, 0.25) is 0 Å². The van der Waals surface area contributed by atoms with E-state index >= 15 is 0 Å². The second-order valence-electron chi connectivity index (χ2n) is 7.03. The van der Waals surface area contributed by atoms with Crippen LogP contribution in [0.3, 0.4) is 0 Å². The molecule has 3 rings (SSSR count). The molecule has 2 aromatic heterocycles. The Labute approximate surface area is 163 Å². The molecule has 1 atom stereocenters. The summed E-state index contributed by atoms with van der Waals surface area (Å²) in [6, 6.07) is 0. The lowest BCUT2D eigenvalue weighted by Gasteiger charge is -2.30. The van der Waals surface area contributed by atoms with Crippen LogP contribution in [-0.4, -0.2) is 76.9 Å². The van der Waals surface area contributed by atoms with E-state index in [0.29, 0.717) is 50.6 Å². The average Bonchev–Trinajstić information content (AvgIpc) is 2.90. The molecule has 1 aliphatic rings. The first-order valence-electron chi connectivity index (χ1n) is 9.28. The van der Waals surface area contributed by atoms with E-state index < -0.39 is 6.10 Å². The minimum absolute atomic E-state index is 0.0933. The number of nitrogens with zero attached hydrogens (tertiary/aromatic N) is 3. The van der Waals surface area contributed by atoms with Crippen LogP contribution in [0.25, 0.3) is 10.2 Å². The fourth-order valence-electron chi connectivity index (χ4n) is 3.41. The fourth-order valence-corrected chi connectivity index (χ4v) is 4.46. The predicted molar refractivity (Wildman–Crippen MR) is 108 cm³/mol. The SMILES string of the molecule is C=CCN(Cc1nc2sc(C)c(C)c2c(=O)[nH]1)C[C@@H](O)CN1CCOCC1. The molecule has 0 saturated carbocycles. The molecule has 0 spiro atoms.